The summed E-state index contributed by atoms with van der Waals surface area (Å²) >= 11 is 5.88. The highest BCUT2D eigenvalue weighted by atomic mass is 35.5. The van der Waals surface area contributed by atoms with Crippen LogP contribution in [-0.4, -0.2) is 23.5 Å². The topological polar surface area (TPSA) is 71.2 Å². The van der Waals surface area contributed by atoms with Gasteiger partial charge < -0.3 is 15.0 Å². The van der Waals surface area contributed by atoms with Crippen molar-refractivity contribution in [2.24, 2.45) is 0 Å². The molecule has 5 nitrogen and oxygen atoms in total. The van der Waals surface area contributed by atoms with Crippen LogP contribution in [0.25, 0.3) is 0 Å². The number of hydrogen-bond donors (Lipinski definition) is 2. The molecule has 0 aliphatic heterocycles. The predicted molar refractivity (Wildman–Crippen MR) is 71.2 cm³/mol. The van der Waals surface area contributed by atoms with Crippen LogP contribution in [0.3, 0.4) is 0 Å². The van der Waals surface area contributed by atoms with Gasteiger partial charge in [-0.3, -0.25) is 4.79 Å². The number of halogens is 1. The maximum Gasteiger partial charge on any atom is 0.355 e. The van der Waals surface area contributed by atoms with Crippen molar-refractivity contribution in [3.63, 3.8) is 0 Å². The maximum absolute atomic E-state index is 11.6. The molecule has 1 aromatic carbocycles. The van der Waals surface area contributed by atoms with E-state index in [1.165, 1.54) is 0 Å². The number of anilines is 1. The average molecular weight is 279 g/mol. The Morgan fingerprint density at radius 2 is 2.00 bits per heavy atom. The van der Waals surface area contributed by atoms with E-state index in [1.54, 1.807) is 42.6 Å². The number of rotatable bonds is 4. The highest BCUT2D eigenvalue weighted by Crippen LogP contribution is 2.20. The average Bonchev–Trinajstić information content (AvgIpc) is 2.93. The molecule has 1 heterocycles. The van der Waals surface area contributed by atoms with Gasteiger partial charge in [-0.15, -0.1) is 0 Å². The lowest BCUT2D eigenvalue weighted by Gasteiger charge is -2.07. The molecule has 0 spiro atoms. The minimum atomic E-state index is -0.584. The quantitative estimate of drug-likeness (QED) is 0.844. The zero-order chi connectivity index (χ0) is 13.7. The number of carbonyl (C=O) groups excluding carboxylic acids is 2. The van der Waals surface area contributed by atoms with Gasteiger partial charge in [0.15, 0.2) is 6.61 Å². The smallest absolute Gasteiger partial charge is 0.355 e. The van der Waals surface area contributed by atoms with Gasteiger partial charge in [0.25, 0.3) is 5.91 Å². The molecule has 0 saturated heterocycles. The van der Waals surface area contributed by atoms with Gasteiger partial charge in [0.05, 0.1) is 10.7 Å². The molecule has 19 heavy (non-hydrogen) atoms. The van der Waals surface area contributed by atoms with Crippen molar-refractivity contribution in [1.82, 2.24) is 4.98 Å². The molecule has 0 saturated carbocycles. The Morgan fingerprint density at radius 1 is 1.21 bits per heavy atom. The maximum atomic E-state index is 11.6. The Balaban J connectivity index is 1.86. The summed E-state index contributed by atoms with van der Waals surface area (Å²) in [6.07, 6.45) is 1.60. The number of ether oxygens (including phenoxy) is 1. The number of para-hydroxylation sites is 1. The van der Waals surface area contributed by atoms with Crippen LogP contribution in [0, 0.1) is 0 Å². The second kappa shape index (κ2) is 6.06. The van der Waals surface area contributed by atoms with Gasteiger partial charge >= 0.3 is 5.97 Å². The van der Waals surface area contributed by atoms with Crippen molar-refractivity contribution in [3.05, 3.63) is 53.3 Å². The standard InChI is InChI=1S/C13H11ClN2O3/c14-9-4-1-2-5-10(9)16-12(17)8-19-13(18)11-6-3-7-15-11/h1-7,15H,8H2,(H,16,17). The summed E-state index contributed by atoms with van der Waals surface area (Å²) in [5.41, 5.74) is 0.774. The molecule has 0 radical (unpaired) electrons. The van der Waals surface area contributed by atoms with E-state index >= 15 is 0 Å². The molecule has 6 heteroatoms. The molecule has 2 N–H and O–H groups in total. The number of benzene rings is 1. The third-order valence-corrected chi connectivity index (χ3v) is 2.63. The first kappa shape index (κ1) is 13.2. The molecule has 2 rings (SSSR count). The number of carbonyl (C=O) groups is 2. The number of aromatic nitrogens is 1. The SMILES string of the molecule is O=C(COC(=O)c1ccc[nH]1)Nc1ccccc1Cl. The summed E-state index contributed by atoms with van der Waals surface area (Å²) in [7, 11) is 0. The van der Waals surface area contributed by atoms with Crippen molar-refractivity contribution in [1.29, 1.82) is 0 Å². The fraction of sp³-hybridized carbons (Fsp3) is 0.0769. The Labute approximate surface area is 114 Å². The molecule has 0 atom stereocenters. The molecule has 0 bridgehead atoms. The molecule has 1 amide bonds. The molecule has 98 valence electrons. The van der Waals surface area contributed by atoms with Gasteiger partial charge in [0, 0.05) is 6.20 Å². The molecule has 0 aliphatic carbocycles. The lowest BCUT2D eigenvalue weighted by Crippen LogP contribution is -2.21. The molecule has 0 aliphatic rings. The zero-order valence-corrected chi connectivity index (χ0v) is 10.6. The Kier molecular flexibility index (Phi) is 4.20. The first-order valence-corrected chi connectivity index (χ1v) is 5.89. The number of hydrogen-bond acceptors (Lipinski definition) is 3. The number of aromatic amines is 1. The summed E-state index contributed by atoms with van der Waals surface area (Å²) < 4.78 is 4.83. The lowest BCUT2D eigenvalue weighted by atomic mass is 10.3. The summed E-state index contributed by atoms with van der Waals surface area (Å²) in [5.74, 6) is -1.03. The molecule has 0 unspecified atom stereocenters. The fourth-order valence-corrected chi connectivity index (χ4v) is 1.60. The fourth-order valence-electron chi connectivity index (χ4n) is 1.42. The van der Waals surface area contributed by atoms with Gasteiger partial charge in [0.2, 0.25) is 0 Å². The Bertz CT molecular complexity index is 581. The van der Waals surface area contributed by atoms with Crippen LogP contribution in [0.15, 0.2) is 42.6 Å². The largest absolute Gasteiger partial charge is 0.451 e. The predicted octanol–water partition coefficient (Wildman–Crippen LogP) is 2.46. The molecule has 2 aromatic rings. The van der Waals surface area contributed by atoms with Crippen LogP contribution in [0.4, 0.5) is 5.69 Å². The number of esters is 1. The minimum Gasteiger partial charge on any atom is -0.451 e. The van der Waals surface area contributed by atoms with Crippen molar-refractivity contribution in [2.45, 2.75) is 0 Å². The van der Waals surface area contributed by atoms with Crippen LogP contribution in [0.1, 0.15) is 10.5 Å². The summed E-state index contributed by atoms with van der Waals surface area (Å²) in [6.45, 7) is -0.372. The van der Waals surface area contributed by atoms with Crippen LogP contribution in [-0.2, 0) is 9.53 Å². The van der Waals surface area contributed by atoms with Gasteiger partial charge in [-0.05, 0) is 24.3 Å². The third kappa shape index (κ3) is 3.59. The monoisotopic (exact) mass is 278 g/mol. The normalized spacial score (nSPS) is 9.95. The van der Waals surface area contributed by atoms with Crippen molar-refractivity contribution < 1.29 is 14.3 Å². The second-order valence-corrected chi connectivity index (χ2v) is 4.10. The second-order valence-electron chi connectivity index (χ2n) is 3.69. The van der Waals surface area contributed by atoms with Gasteiger partial charge in [0.1, 0.15) is 5.69 Å². The molecule has 0 fully saturated rings. The summed E-state index contributed by atoms with van der Waals surface area (Å²) in [4.78, 5) is 25.7. The number of nitrogens with one attached hydrogen (secondary N) is 2. The Morgan fingerprint density at radius 3 is 2.68 bits per heavy atom. The molecular formula is C13H11ClN2O3. The van der Waals surface area contributed by atoms with E-state index in [4.69, 9.17) is 16.3 Å². The number of H-pyrrole nitrogens is 1. The van der Waals surface area contributed by atoms with Crippen LogP contribution in [0.5, 0.6) is 0 Å². The van der Waals surface area contributed by atoms with Crippen molar-refractivity contribution >= 4 is 29.2 Å². The summed E-state index contributed by atoms with van der Waals surface area (Å²) in [6, 6.07) is 10.0. The van der Waals surface area contributed by atoms with Crippen LogP contribution >= 0.6 is 11.6 Å². The van der Waals surface area contributed by atoms with E-state index in [-0.39, 0.29) is 6.61 Å². The zero-order valence-electron chi connectivity index (χ0n) is 9.85. The van der Waals surface area contributed by atoms with Crippen molar-refractivity contribution in [2.75, 3.05) is 11.9 Å². The van der Waals surface area contributed by atoms with E-state index in [0.717, 1.165) is 0 Å². The van der Waals surface area contributed by atoms with Gasteiger partial charge in [-0.1, -0.05) is 23.7 Å². The Hall–Kier alpha value is -2.27. The highest BCUT2D eigenvalue weighted by Gasteiger charge is 2.11. The van der Waals surface area contributed by atoms with E-state index in [9.17, 15) is 9.59 Å². The van der Waals surface area contributed by atoms with Crippen molar-refractivity contribution in [3.8, 4) is 0 Å². The lowest BCUT2D eigenvalue weighted by molar-refractivity contribution is -0.119. The highest BCUT2D eigenvalue weighted by molar-refractivity contribution is 6.33. The van der Waals surface area contributed by atoms with E-state index < -0.39 is 11.9 Å². The third-order valence-electron chi connectivity index (χ3n) is 2.30. The van der Waals surface area contributed by atoms with E-state index in [1.807, 2.05) is 0 Å². The minimum absolute atomic E-state index is 0.297. The van der Waals surface area contributed by atoms with Crippen LogP contribution in [0.2, 0.25) is 5.02 Å². The van der Waals surface area contributed by atoms with Crippen LogP contribution < -0.4 is 5.32 Å². The van der Waals surface area contributed by atoms with E-state index in [2.05, 4.69) is 10.3 Å². The van der Waals surface area contributed by atoms with Gasteiger partial charge in [-0.2, -0.15) is 0 Å². The van der Waals surface area contributed by atoms with Gasteiger partial charge in [-0.25, -0.2) is 4.79 Å². The molecular weight excluding hydrogens is 268 g/mol. The first-order chi connectivity index (χ1) is 9.16. The first-order valence-electron chi connectivity index (χ1n) is 5.51. The molecule has 1 aromatic heterocycles. The summed E-state index contributed by atoms with van der Waals surface area (Å²) in [5, 5.41) is 2.98. The van der Waals surface area contributed by atoms with E-state index in [0.29, 0.717) is 16.4 Å². The number of amides is 1.